The summed E-state index contributed by atoms with van der Waals surface area (Å²) < 4.78 is 10.8. The van der Waals surface area contributed by atoms with Crippen LogP contribution in [0.25, 0.3) is 0 Å². The SMILES string of the molecule is COC1CN(C(C)C(=O)c2ccc(Cl)cc2)CC1OC. The molecule has 1 aliphatic rings. The molecule has 0 N–H and O–H groups in total. The predicted molar refractivity (Wildman–Crippen MR) is 78.4 cm³/mol. The largest absolute Gasteiger partial charge is 0.377 e. The topological polar surface area (TPSA) is 38.8 Å². The van der Waals surface area contributed by atoms with Gasteiger partial charge in [0.2, 0.25) is 0 Å². The molecule has 0 aromatic heterocycles. The van der Waals surface area contributed by atoms with Crippen LogP contribution in [0.1, 0.15) is 17.3 Å². The van der Waals surface area contributed by atoms with Crippen molar-refractivity contribution in [3.05, 3.63) is 34.9 Å². The second-order valence-electron chi connectivity index (χ2n) is 5.05. The Kier molecular flexibility index (Phi) is 5.16. The van der Waals surface area contributed by atoms with Crippen LogP contribution < -0.4 is 0 Å². The summed E-state index contributed by atoms with van der Waals surface area (Å²) in [7, 11) is 3.34. The molecule has 1 aromatic carbocycles. The molecule has 20 heavy (non-hydrogen) atoms. The summed E-state index contributed by atoms with van der Waals surface area (Å²) in [6.45, 7) is 3.33. The molecule has 0 bridgehead atoms. The molecule has 1 saturated heterocycles. The summed E-state index contributed by atoms with van der Waals surface area (Å²) in [5, 5.41) is 0.634. The number of carbonyl (C=O) groups is 1. The molecule has 0 amide bonds. The van der Waals surface area contributed by atoms with E-state index < -0.39 is 0 Å². The summed E-state index contributed by atoms with van der Waals surface area (Å²) in [6.07, 6.45) is 0.0286. The molecule has 0 saturated carbocycles. The minimum atomic E-state index is -0.200. The standard InChI is InChI=1S/C15H20ClNO3/c1-10(15(18)11-4-6-12(16)7-5-11)17-8-13(19-2)14(9-17)20-3/h4-7,10,13-14H,8-9H2,1-3H3. The molecule has 1 aliphatic heterocycles. The molecule has 1 aromatic rings. The second kappa shape index (κ2) is 6.68. The lowest BCUT2D eigenvalue weighted by atomic mass is 10.0. The van der Waals surface area contributed by atoms with E-state index >= 15 is 0 Å². The number of benzene rings is 1. The highest BCUT2D eigenvalue weighted by Crippen LogP contribution is 2.20. The van der Waals surface area contributed by atoms with Gasteiger partial charge in [0.15, 0.2) is 5.78 Å². The zero-order valence-electron chi connectivity index (χ0n) is 12.0. The molecular weight excluding hydrogens is 278 g/mol. The van der Waals surface area contributed by atoms with Crippen molar-refractivity contribution in [3.63, 3.8) is 0 Å². The summed E-state index contributed by atoms with van der Waals surface area (Å²) >= 11 is 5.84. The van der Waals surface area contributed by atoms with Gasteiger partial charge < -0.3 is 9.47 Å². The number of halogens is 1. The van der Waals surface area contributed by atoms with Crippen LogP contribution in [0, 0.1) is 0 Å². The van der Waals surface area contributed by atoms with E-state index in [1.807, 2.05) is 6.92 Å². The van der Waals surface area contributed by atoms with E-state index in [-0.39, 0.29) is 24.0 Å². The first-order chi connectivity index (χ1) is 9.56. The van der Waals surface area contributed by atoms with Gasteiger partial charge >= 0.3 is 0 Å². The Morgan fingerprint density at radius 3 is 2.15 bits per heavy atom. The van der Waals surface area contributed by atoms with Crippen molar-refractivity contribution in [2.45, 2.75) is 25.2 Å². The van der Waals surface area contributed by atoms with E-state index in [4.69, 9.17) is 21.1 Å². The Bertz CT molecular complexity index is 451. The fraction of sp³-hybridized carbons (Fsp3) is 0.533. The first-order valence-corrected chi connectivity index (χ1v) is 7.04. The van der Waals surface area contributed by atoms with Gasteiger partial charge in [-0.3, -0.25) is 9.69 Å². The van der Waals surface area contributed by atoms with E-state index in [1.165, 1.54) is 0 Å². The van der Waals surface area contributed by atoms with Crippen LogP contribution in [0.15, 0.2) is 24.3 Å². The molecule has 110 valence electrons. The van der Waals surface area contributed by atoms with E-state index in [2.05, 4.69) is 4.90 Å². The van der Waals surface area contributed by atoms with Gasteiger partial charge in [-0.05, 0) is 31.2 Å². The van der Waals surface area contributed by atoms with Crippen molar-refractivity contribution in [1.82, 2.24) is 4.90 Å². The third kappa shape index (κ3) is 3.20. The molecule has 4 nitrogen and oxygen atoms in total. The highest BCUT2D eigenvalue weighted by atomic mass is 35.5. The number of Topliss-reactive ketones (excluding diaryl/α,β-unsaturated/α-hetero) is 1. The van der Waals surface area contributed by atoms with Gasteiger partial charge in [0.1, 0.15) is 0 Å². The van der Waals surface area contributed by atoms with Gasteiger partial charge in [0.05, 0.1) is 18.2 Å². The predicted octanol–water partition coefficient (Wildman–Crippen LogP) is 2.26. The van der Waals surface area contributed by atoms with E-state index in [0.717, 1.165) is 0 Å². The maximum atomic E-state index is 12.5. The van der Waals surface area contributed by atoms with Crippen molar-refractivity contribution in [2.75, 3.05) is 27.3 Å². The average Bonchev–Trinajstić information content (AvgIpc) is 2.89. The van der Waals surface area contributed by atoms with Crippen LogP contribution in [0.4, 0.5) is 0 Å². The molecular formula is C15H20ClNO3. The number of carbonyl (C=O) groups excluding carboxylic acids is 1. The minimum absolute atomic E-state index is 0.0143. The highest BCUT2D eigenvalue weighted by Gasteiger charge is 2.37. The van der Waals surface area contributed by atoms with Gasteiger partial charge in [-0.1, -0.05) is 11.6 Å². The van der Waals surface area contributed by atoms with E-state index in [1.54, 1.807) is 38.5 Å². The molecule has 3 unspecified atom stereocenters. The maximum Gasteiger partial charge on any atom is 0.179 e. The molecule has 3 atom stereocenters. The number of ketones is 1. The Morgan fingerprint density at radius 1 is 1.20 bits per heavy atom. The highest BCUT2D eigenvalue weighted by molar-refractivity contribution is 6.30. The monoisotopic (exact) mass is 297 g/mol. The van der Waals surface area contributed by atoms with Gasteiger partial charge in [-0.15, -0.1) is 0 Å². The zero-order valence-corrected chi connectivity index (χ0v) is 12.8. The van der Waals surface area contributed by atoms with E-state index in [0.29, 0.717) is 23.7 Å². The lowest BCUT2D eigenvalue weighted by molar-refractivity contribution is -0.00461. The first-order valence-electron chi connectivity index (χ1n) is 6.66. The Morgan fingerprint density at radius 2 is 1.70 bits per heavy atom. The van der Waals surface area contributed by atoms with Crippen LogP contribution in [-0.2, 0) is 9.47 Å². The normalized spacial score (nSPS) is 24.8. The van der Waals surface area contributed by atoms with E-state index in [9.17, 15) is 4.79 Å². The number of hydrogen-bond donors (Lipinski definition) is 0. The Labute approximate surface area is 124 Å². The smallest absolute Gasteiger partial charge is 0.179 e. The number of hydrogen-bond acceptors (Lipinski definition) is 4. The van der Waals surface area contributed by atoms with Crippen LogP contribution in [0.3, 0.4) is 0 Å². The summed E-state index contributed by atoms with van der Waals surface area (Å²) in [6, 6.07) is 6.80. The van der Waals surface area contributed by atoms with Crippen molar-refractivity contribution in [2.24, 2.45) is 0 Å². The number of rotatable bonds is 5. The molecule has 1 fully saturated rings. The summed E-state index contributed by atoms with van der Waals surface area (Å²) in [4.78, 5) is 14.6. The van der Waals surface area contributed by atoms with Crippen LogP contribution in [0.5, 0.6) is 0 Å². The summed E-state index contributed by atoms with van der Waals surface area (Å²) in [5.41, 5.74) is 0.678. The molecule has 5 heteroatoms. The van der Waals surface area contributed by atoms with Gasteiger partial charge in [0.25, 0.3) is 0 Å². The minimum Gasteiger partial charge on any atom is -0.377 e. The maximum absolute atomic E-state index is 12.5. The zero-order chi connectivity index (χ0) is 14.7. The number of likely N-dealkylation sites (tertiary alicyclic amines) is 1. The Hall–Kier alpha value is -0.940. The second-order valence-corrected chi connectivity index (χ2v) is 5.49. The third-order valence-electron chi connectivity index (χ3n) is 3.90. The van der Waals surface area contributed by atoms with Crippen LogP contribution in [0.2, 0.25) is 5.02 Å². The van der Waals surface area contributed by atoms with Gasteiger partial charge in [0, 0.05) is 37.9 Å². The van der Waals surface area contributed by atoms with Crippen molar-refractivity contribution in [1.29, 1.82) is 0 Å². The lowest BCUT2D eigenvalue weighted by Gasteiger charge is -2.22. The number of ether oxygens (including phenoxy) is 2. The van der Waals surface area contributed by atoms with Gasteiger partial charge in [-0.2, -0.15) is 0 Å². The first kappa shape index (κ1) is 15.4. The van der Waals surface area contributed by atoms with Crippen molar-refractivity contribution < 1.29 is 14.3 Å². The quantitative estimate of drug-likeness (QED) is 0.782. The third-order valence-corrected chi connectivity index (χ3v) is 4.16. The molecule has 2 rings (SSSR count). The van der Waals surface area contributed by atoms with Crippen molar-refractivity contribution in [3.8, 4) is 0 Å². The fourth-order valence-electron chi connectivity index (χ4n) is 2.56. The molecule has 0 radical (unpaired) electrons. The molecule has 1 heterocycles. The molecule has 0 aliphatic carbocycles. The summed E-state index contributed by atoms with van der Waals surface area (Å²) in [5.74, 6) is 0.0910. The fourth-order valence-corrected chi connectivity index (χ4v) is 2.69. The number of nitrogens with zero attached hydrogens (tertiary/aromatic N) is 1. The number of methoxy groups -OCH3 is 2. The molecule has 0 spiro atoms. The van der Waals surface area contributed by atoms with Crippen LogP contribution in [-0.4, -0.2) is 56.2 Å². The lowest BCUT2D eigenvalue weighted by Crippen LogP contribution is -2.38. The average molecular weight is 298 g/mol. The van der Waals surface area contributed by atoms with Crippen LogP contribution >= 0.6 is 11.6 Å². The Balaban J connectivity index is 2.06. The van der Waals surface area contributed by atoms with Crippen molar-refractivity contribution >= 4 is 17.4 Å². The van der Waals surface area contributed by atoms with Gasteiger partial charge in [-0.25, -0.2) is 0 Å².